The average molecular weight is 1360 g/mol. The molecule has 520 valence electrons. The lowest BCUT2D eigenvalue weighted by atomic mass is 10.1. The van der Waals surface area contributed by atoms with Gasteiger partial charge in [0.2, 0.25) is 35.1 Å². The molecule has 3 aliphatic heterocycles. The van der Waals surface area contributed by atoms with E-state index in [1.54, 1.807) is 41.5 Å². The largest absolute Gasteiger partial charge is 0.485 e. The summed E-state index contributed by atoms with van der Waals surface area (Å²) < 4.78 is 67.8. The molecule has 26 heteroatoms. The van der Waals surface area contributed by atoms with Crippen LogP contribution in [0.2, 0.25) is 0 Å². The topological polar surface area (TPSA) is 342 Å². The first-order valence-corrected chi connectivity index (χ1v) is 32.4. The van der Waals surface area contributed by atoms with Gasteiger partial charge in [-0.25, -0.2) is 14.4 Å². The number of nitrogens with two attached hydrogens (primary N) is 1. The van der Waals surface area contributed by atoms with Gasteiger partial charge < -0.3 is 82.8 Å². The van der Waals surface area contributed by atoms with Gasteiger partial charge in [-0.15, -0.1) is 0 Å². The summed E-state index contributed by atoms with van der Waals surface area (Å²) in [5, 5.41) is 36.0. The Morgan fingerprint density at radius 3 is 1.26 bits per heavy atom. The van der Waals surface area contributed by atoms with E-state index in [0.717, 1.165) is 50.6 Å². The first kappa shape index (κ1) is 70.0. The highest BCUT2D eigenvalue weighted by atomic mass is 16.6. The third kappa shape index (κ3) is 19.5. The van der Waals surface area contributed by atoms with Crippen LogP contribution in [-0.4, -0.2) is 121 Å². The molecule has 26 nitrogen and oxygen atoms in total. The van der Waals surface area contributed by atoms with E-state index in [1.807, 2.05) is 176 Å². The molecule has 0 radical (unpaired) electrons. The highest BCUT2D eigenvalue weighted by molar-refractivity contribution is 5.81. The molecular formula is C74H77N9O17. The number of rotatable bonds is 19. The molecule has 6 heterocycles. The summed E-state index contributed by atoms with van der Waals surface area (Å²) in [6.07, 6.45) is -1.75. The molecule has 6 N–H and O–H groups in total. The molecule has 0 unspecified atom stereocenters. The monoisotopic (exact) mass is 1360 g/mol. The van der Waals surface area contributed by atoms with E-state index in [4.69, 9.17) is 67.0 Å². The minimum absolute atomic E-state index is 0.0471. The maximum atomic E-state index is 13.0. The average Bonchev–Trinajstić information content (AvgIpc) is 1.27. The number of nitrogens with zero attached hydrogens (tertiary/aromatic N) is 6. The summed E-state index contributed by atoms with van der Waals surface area (Å²) in [6, 6.07) is 52.8. The number of aliphatic hydroxyl groups is 2. The van der Waals surface area contributed by atoms with Gasteiger partial charge in [-0.2, -0.15) is 15.0 Å². The molecule has 100 heavy (non-hydrogen) atoms. The highest BCUT2D eigenvalue weighted by Crippen LogP contribution is 2.40. The maximum Gasteiger partial charge on any atom is 0.408 e. The van der Waals surface area contributed by atoms with Crippen molar-refractivity contribution in [1.29, 1.82) is 0 Å². The number of carbonyl (C=O) groups is 3. The van der Waals surface area contributed by atoms with E-state index in [2.05, 4.69) is 41.1 Å². The van der Waals surface area contributed by atoms with E-state index >= 15 is 0 Å². The smallest absolute Gasteiger partial charge is 0.408 e. The number of nitrogens with one attached hydrogen (secondary N) is 2. The molecule has 10 aromatic rings. The van der Waals surface area contributed by atoms with Crippen LogP contribution in [-0.2, 0) is 44.9 Å². The number of carbonyl (C=O) groups excluding carboxylic acids is 3. The fraction of sp³-hybridized carbons (Fsp3) is 0.311. The van der Waals surface area contributed by atoms with Crippen molar-refractivity contribution in [2.45, 2.75) is 115 Å². The van der Waals surface area contributed by atoms with Crippen LogP contribution < -0.4 is 44.8 Å². The molecule has 13 rings (SSSR count). The molecule has 0 bridgehead atoms. The van der Waals surface area contributed by atoms with Crippen molar-refractivity contribution in [2.24, 2.45) is 5.73 Å². The van der Waals surface area contributed by atoms with E-state index in [0.29, 0.717) is 72.4 Å². The lowest BCUT2D eigenvalue weighted by Crippen LogP contribution is -2.45. The number of ether oxygens (including phenoxy) is 9. The third-order valence-electron chi connectivity index (χ3n) is 15.1. The number of hydrogen-bond donors (Lipinski definition) is 5. The summed E-state index contributed by atoms with van der Waals surface area (Å²) >= 11 is 0. The zero-order valence-electron chi connectivity index (χ0n) is 55.9. The zero-order valence-corrected chi connectivity index (χ0v) is 55.9. The lowest BCUT2D eigenvalue weighted by Gasteiger charge is -2.26. The fourth-order valence-corrected chi connectivity index (χ4v) is 10.3. The van der Waals surface area contributed by atoms with Gasteiger partial charge in [0.15, 0.2) is 52.8 Å². The molecule has 3 aliphatic rings. The van der Waals surface area contributed by atoms with Gasteiger partial charge in [0.1, 0.15) is 43.7 Å². The van der Waals surface area contributed by atoms with Crippen LogP contribution in [0.3, 0.4) is 0 Å². The van der Waals surface area contributed by atoms with Crippen molar-refractivity contribution in [3.63, 3.8) is 0 Å². The van der Waals surface area contributed by atoms with Gasteiger partial charge in [0.05, 0.1) is 25.7 Å². The van der Waals surface area contributed by atoms with E-state index in [1.165, 1.54) is 0 Å². The van der Waals surface area contributed by atoms with Gasteiger partial charge in [-0.05, 0) is 118 Å². The summed E-state index contributed by atoms with van der Waals surface area (Å²) in [7, 11) is 0. The number of fused-ring (bicyclic) bond motifs is 3. The number of benzene rings is 7. The van der Waals surface area contributed by atoms with Crippen LogP contribution in [0.1, 0.15) is 99.8 Å². The Labute approximate surface area is 576 Å². The molecule has 3 aromatic heterocycles. The Kier molecular flexibility index (Phi) is 22.6. The number of aliphatic hydroxyl groups excluding tert-OH is 2. The van der Waals surface area contributed by atoms with Crippen LogP contribution in [0.15, 0.2) is 189 Å². The standard InChI is InChI=1S/C31H31N3O7.C24H27N3O6.C19H19N3O4/c1-31(2,3)40-30(36)32-23(29(35)38-18-20-10-5-4-6-11-20)17-27-33-28(34-41-27)22-13-9-12-21(16-22)26-19-37-24-14-7-8-15-25(24)39-26;1-24(2,3)32-23(29)25-17(13-28)12-21-26-22(27-33-21)16-8-6-7-15(11-16)20-14-30-18-9-4-5-10-19(18)31-20;20-14(10-23)9-18-21-19(22-26-18)13-5-3-4-12(8-13)17-11-24-15-6-1-2-7-16(15)25-17/h4-16,23,26H,17-19H2,1-3H3,(H,32,36);4-11,17,20,28H,12-14H2,1-3H3,(H,25,29);1-8,14,17,23H,9-11,20H2/t23-,26+;17-,20+;14-,17+/m000/s1. The number of esters is 1. The van der Waals surface area contributed by atoms with Gasteiger partial charge in [0, 0.05) is 35.6 Å². The first-order chi connectivity index (χ1) is 48.3. The number of aromatic nitrogens is 6. The Morgan fingerprint density at radius 1 is 0.480 bits per heavy atom. The third-order valence-corrected chi connectivity index (χ3v) is 15.1. The second-order valence-electron chi connectivity index (χ2n) is 25.4. The van der Waals surface area contributed by atoms with Crippen molar-refractivity contribution in [3.05, 3.63) is 216 Å². The second-order valence-corrected chi connectivity index (χ2v) is 25.4. The summed E-state index contributed by atoms with van der Waals surface area (Å²) in [4.78, 5) is 50.7. The molecule has 0 spiro atoms. The quantitative estimate of drug-likeness (QED) is 0.0371. The van der Waals surface area contributed by atoms with E-state index in [9.17, 15) is 19.5 Å². The Morgan fingerprint density at radius 2 is 0.860 bits per heavy atom. The molecule has 0 aliphatic carbocycles. The molecule has 0 saturated carbocycles. The van der Waals surface area contributed by atoms with E-state index < -0.39 is 47.5 Å². The molecule has 0 fully saturated rings. The minimum atomic E-state index is -1.11. The maximum absolute atomic E-state index is 13.0. The lowest BCUT2D eigenvalue weighted by molar-refractivity contribution is -0.147. The SMILES string of the molecule is CC(C)(C)OC(=O)N[C@@H](Cc1nc(-c2cccc([C@H]3COc4ccccc4O3)c2)no1)C(=O)OCc1ccccc1.CC(C)(C)OC(=O)N[C@H](CO)Cc1nc(-c2cccc([C@H]3COc4ccccc4O3)c2)no1.N[C@H](CO)Cc1nc(-c2cccc([C@H]3COc4ccccc4O3)c2)no1. The van der Waals surface area contributed by atoms with Gasteiger partial charge in [-0.3, -0.25) is 0 Å². The van der Waals surface area contributed by atoms with Crippen molar-refractivity contribution in [3.8, 4) is 68.7 Å². The van der Waals surface area contributed by atoms with Crippen LogP contribution >= 0.6 is 0 Å². The number of amides is 2. The van der Waals surface area contributed by atoms with Crippen LogP contribution in [0, 0.1) is 0 Å². The molecule has 6 atom stereocenters. The fourth-order valence-electron chi connectivity index (χ4n) is 10.3. The number of alkyl carbamates (subject to hydrolysis) is 2. The minimum Gasteiger partial charge on any atom is -0.485 e. The van der Waals surface area contributed by atoms with Crippen LogP contribution in [0.25, 0.3) is 34.2 Å². The Hall–Kier alpha value is -11.4. The summed E-state index contributed by atoms with van der Waals surface area (Å²) in [5.41, 5.74) is 10.2. The predicted octanol–water partition coefficient (Wildman–Crippen LogP) is 11.2. The molecule has 0 saturated heterocycles. The predicted molar refractivity (Wildman–Crippen MR) is 361 cm³/mol. The van der Waals surface area contributed by atoms with Crippen molar-refractivity contribution >= 4 is 18.2 Å². The van der Waals surface area contributed by atoms with E-state index in [-0.39, 0.29) is 62.8 Å². The Bertz CT molecular complexity index is 4360. The van der Waals surface area contributed by atoms with Crippen molar-refractivity contribution in [2.75, 3.05) is 33.0 Å². The van der Waals surface area contributed by atoms with Gasteiger partial charge >= 0.3 is 18.2 Å². The van der Waals surface area contributed by atoms with Gasteiger partial charge in [0.25, 0.3) is 0 Å². The Balaban J connectivity index is 0.000000155. The van der Waals surface area contributed by atoms with Gasteiger partial charge in [-0.1, -0.05) is 137 Å². The summed E-state index contributed by atoms with van der Waals surface area (Å²) in [6.45, 7) is 11.3. The van der Waals surface area contributed by atoms with Crippen molar-refractivity contribution < 1.29 is 80.8 Å². The molecule has 2 amide bonds. The van der Waals surface area contributed by atoms with Crippen LogP contribution in [0.4, 0.5) is 9.59 Å². The molecule has 7 aromatic carbocycles. The second kappa shape index (κ2) is 32.3. The van der Waals surface area contributed by atoms with Crippen LogP contribution in [0.5, 0.6) is 34.5 Å². The summed E-state index contributed by atoms with van der Waals surface area (Å²) in [5.74, 6) is 5.69. The first-order valence-electron chi connectivity index (χ1n) is 32.4. The normalized spacial score (nSPS) is 15.9. The number of para-hydroxylation sites is 6. The van der Waals surface area contributed by atoms with Crippen molar-refractivity contribution in [1.82, 2.24) is 41.1 Å². The highest BCUT2D eigenvalue weighted by Gasteiger charge is 2.31. The number of hydrogen-bond acceptors (Lipinski definition) is 24. The molecular weight excluding hydrogens is 1290 g/mol. The zero-order chi connectivity index (χ0) is 70.2.